The highest BCUT2D eigenvalue weighted by Crippen LogP contribution is 2.22. The van der Waals surface area contributed by atoms with E-state index >= 15 is 0 Å². The van der Waals surface area contributed by atoms with Gasteiger partial charge in [0.15, 0.2) is 0 Å². The second-order valence-electron chi connectivity index (χ2n) is 3.79. The Morgan fingerprint density at radius 3 is 2.65 bits per heavy atom. The van der Waals surface area contributed by atoms with Crippen molar-refractivity contribution in [2.75, 3.05) is 13.1 Å². The average Bonchev–Trinajstić information content (AvgIpc) is 2.35. The van der Waals surface area contributed by atoms with E-state index in [9.17, 15) is 8.78 Å². The lowest BCUT2D eigenvalue weighted by molar-refractivity contribution is 0.151. The first-order valence-electron chi connectivity index (χ1n) is 5.61. The van der Waals surface area contributed by atoms with Crippen LogP contribution in [0.5, 0.6) is 0 Å². The number of rotatable bonds is 7. The van der Waals surface area contributed by atoms with E-state index in [0.29, 0.717) is 6.54 Å². The number of nitrogens with one attached hydrogen (secondary N) is 1. The van der Waals surface area contributed by atoms with Gasteiger partial charge in [0.2, 0.25) is 0 Å². The van der Waals surface area contributed by atoms with Gasteiger partial charge in [0.1, 0.15) is 0 Å². The zero-order chi connectivity index (χ0) is 12.7. The fourth-order valence-electron chi connectivity index (χ4n) is 1.61. The van der Waals surface area contributed by atoms with Gasteiger partial charge in [-0.05, 0) is 24.6 Å². The van der Waals surface area contributed by atoms with Crippen molar-refractivity contribution in [1.82, 2.24) is 5.32 Å². The summed E-state index contributed by atoms with van der Waals surface area (Å²) in [5, 5.41) is 3.21. The Balaban J connectivity index is 2.73. The van der Waals surface area contributed by atoms with Gasteiger partial charge >= 0.3 is 0 Å². The third-order valence-electron chi connectivity index (χ3n) is 2.54. The Kier molecular flexibility index (Phi) is 5.80. The molecule has 17 heavy (non-hydrogen) atoms. The fourth-order valence-corrected chi connectivity index (χ4v) is 1.61. The number of halogens is 2. The van der Waals surface area contributed by atoms with Gasteiger partial charge in [-0.1, -0.05) is 24.3 Å². The summed E-state index contributed by atoms with van der Waals surface area (Å²) >= 11 is 0. The van der Waals surface area contributed by atoms with Gasteiger partial charge in [0.05, 0.1) is 0 Å². The molecule has 3 N–H and O–H groups in total. The van der Waals surface area contributed by atoms with Crippen LogP contribution < -0.4 is 11.1 Å². The normalized spacial score (nSPS) is 12.7. The number of nitrogens with two attached hydrogens (primary N) is 1. The summed E-state index contributed by atoms with van der Waals surface area (Å²) < 4.78 is 25.1. The molecule has 0 aromatic heterocycles. The molecule has 0 aliphatic rings. The molecule has 94 valence electrons. The van der Waals surface area contributed by atoms with Crippen LogP contribution in [0, 0.1) is 0 Å². The highest BCUT2D eigenvalue weighted by molar-refractivity contribution is 5.27. The molecule has 0 aliphatic heterocycles. The third-order valence-corrected chi connectivity index (χ3v) is 2.54. The van der Waals surface area contributed by atoms with Crippen molar-refractivity contribution in [2.24, 2.45) is 5.73 Å². The Morgan fingerprint density at radius 1 is 1.35 bits per heavy atom. The molecule has 2 nitrogen and oxygen atoms in total. The molecule has 0 saturated carbocycles. The van der Waals surface area contributed by atoms with Crippen LogP contribution >= 0.6 is 0 Å². The van der Waals surface area contributed by atoms with E-state index in [-0.39, 0.29) is 11.6 Å². The van der Waals surface area contributed by atoms with Crippen molar-refractivity contribution in [3.63, 3.8) is 0 Å². The molecule has 1 rings (SSSR count). The molecule has 0 bridgehead atoms. The van der Waals surface area contributed by atoms with E-state index in [1.54, 1.807) is 12.1 Å². The summed E-state index contributed by atoms with van der Waals surface area (Å²) in [5.74, 6) is 0. The molecule has 1 aromatic carbocycles. The van der Waals surface area contributed by atoms with Crippen LogP contribution in [-0.2, 0) is 0 Å². The van der Waals surface area contributed by atoms with Gasteiger partial charge < -0.3 is 11.1 Å². The smallest absolute Gasteiger partial charge is 0.263 e. The minimum absolute atomic E-state index is 0.0338. The summed E-state index contributed by atoms with van der Waals surface area (Å²) in [6.45, 7) is 4.74. The zero-order valence-electron chi connectivity index (χ0n) is 9.70. The predicted molar refractivity (Wildman–Crippen MR) is 66.0 cm³/mol. The molecule has 1 atom stereocenters. The van der Waals surface area contributed by atoms with Crippen molar-refractivity contribution >= 4 is 0 Å². The predicted octanol–water partition coefficient (Wildman–Crippen LogP) is 2.79. The molecule has 0 fully saturated rings. The largest absolute Gasteiger partial charge is 0.329 e. The van der Waals surface area contributed by atoms with E-state index < -0.39 is 6.43 Å². The fraction of sp³-hybridized carbons (Fsp3) is 0.385. The third kappa shape index (κ3) is 4.24. The first-order valence-corrected chi connectivity index (χ1v) is 5.61. The first-order chi connectivity index (χ1) is 8.19. The highest BCUT2D eigenvalue weighted by atomic mass is 19.3. The zero-order valence-corrected chi connectivity index (χ0v) is 9.70. The van der Waals surface area contributed by atoms with Crippen molar-refractivity contribution in [3.8, 4) is 0 Å². The number of hydrogen-bond donors (Lipinski definition) is 2. The van der Waals surface area contributed by atoms with Crippen LogP contribution in [0.15, 0.2) is 36.9 Å². The number of hydrogen-bond acceptors (Lipinski definition) is 2. The molecule has 1 aromatic rings. The summed E-state index contributed by atoms with van der Waals surface area (Å²) in [6.07, 6.45) is 0.183. The number of benzene rings is 1. The van der Waals surface area contributed by atoms with Crippen LogP contribution in [0.25, 0.3) is 0 Å². The highest BCUT2D eigenvalue weighted by Gasteiger charge is 2.12. The molecular formula is C13H18F2N2. The van der Waals surface area contributed by atoms with Gasteiger partial charge in [-0.15, -0.1) is 6.58 Å². The topological polar surface area (TPSA) is 38.0 Å². The van der Waals surface area contributed by atoms with Crippen LogP contribution in [-0.4, -0.2) is 13.1 Å². The van der Waals surface area contributed by atoms with Crippen molar-refractivity contribution in [1.29, 1.82) is 0 Å². The lowest BCUT2D eigenvalue weighted by atomic mass is 10.0. The maximum absolute atomic E-state index is 12.6. The molecule has 0 spiro atoms. The Bertz CT molecular complexity index is 353. The minimum atomic E-state index is -2.44. The van der Waals surface area contributed by atoms with Crippen LogP contribution in [0.1, 0.15) is 30.0 Å². The Labute approximate surface area is 101 Å². The lowest BCUT2D eigenvalue weighted by Gasteiger charge is -2.17. The molecule has 0 heterocycles. The molecular weight excluding hydrogens is 222 g/mol. The maximum atomic E-state index is 12.6. The molecule has 1 unspecified atom stereocenters. The Hall–Kier alpha value is -1.26. The average molecular weight is 240 g/mol. The van der Waals surface area contributed by atoms with Crippen molar-refractivity contribution in [3.05, 3.63) is 48.0 Å². The van der Waals surface area contributed by atoms with Gasteiger partial charge in [-0.25, -0.2) is 8.78 Å². The molecule has 4 heteroatoms. The Morgan fingerprint density at radius 2 is 2.06 bits per heavy atom. The molecule has 0 amide bonds. The van der Waals surface area contributed by atoms with Gasteiger partial charge in [-0.2, -0.15) is 0 Å². The summed E-state index contributed by atoms with van der Waals surface area (Å²) in [5.41, 5.74) is 6.47. The minimum Gasteiger partial charge on any atom is -0.329 e. The standard InChI is InChI=1S/C13H18F2N2/c1-2-3-7-17-12(9-16)10-5-4-6-11(8-10)13(14)15/h2,4-6,8,12-13,17H,1,3,7,9,16H2. The van der Waals surface area contributed by atoms with Crippen LogP contribution in [0.3, 0.4) is 0 Å². The van der Waals surface area contributed by atoms with E-state index in [4.69, 9.17) is 5.73 Å². The molecule has 0 saturated heterocycles. The van der Waals surface area contributed by atoms with E-state index in [1.165, 1.54) is 12.1 Å². The summed E-state index contributed by atoms with van der Waals surface area (Å²) in [7, 11) is 0. The second-order valence-corrected chi connectivity index (χ2v) is 3.79. The number of alkyl halides is 2. The summed E-state index contributed by atoms with van der Waals surface area (Å²) in [6, 6.07) is 6.28. The van der Waals surface area contributed by atoms with Crippen LogP contribution in [0.2, 0.25) is 0 Å². The lowest BCUT2D eigenvalue weighted by Crippen LogP contribution is -2.28. The monoisotopic (exact) mass is 240 g/mol. The van der Waals surface area contributed by atoms with Gasteiger partial charge in [0, 0.05) is 18.2 Å². The van der Waals surface area contributed by atoms with Gasteiger partial charge in [0.25, 0.3) is 6.43 Å². The van der Waals surface area contributed by atoms with Crippen molar-refractivity contribution < 1.29 is 8.78 Å². The molecule has 0 aliphatic carbocycles. The SMILES string of the molecule is C=CCCNC(CN)c1cccc(C(F)F)c1. The van der Waals surface area contributed by atoms with E-state index in [2.05, 4.69) is 11.9 Å². The quantitative estimate of drug-likeness (QED) is 0.568. The maximum Gasteiger partial charge on any atom is 0.263 e. The van der Waals surface area contributed by atoms with Crippen molar-refractivity contribution in [2.45, 2.75) is 18.9 Å². The first kappa shape index (κ1) is 13.8. The van der Waals surface area contributed by atoms with Crippen LogP contribution in [0.4, 0.5) is 8.78 Å². The van der Waals surface area contributed by atoms with E-state index in [0.717, 1.165) is 18.5 Å². The van der Waals surface area contributed by atoms with Gasteiger partial charge in [-0.3, -0.25) is 0 Å². The second kappa shape index (κ2) is 7.14. The van der Waals surface area contributed by atoms with E-state index in [1.807, 2.05) is 6.07 Å². The molecule has 0 radical (unpaired) electrons. The summed E-state index contributed by atoms with van der Waals surface area (Å²) in [4.78, 5) is 0.